The minimum absolute atomic E-state index is 0.0582. The van der Waals surface area contributed by atoms with Crippen LogP contribution in [0.4, 0.5) is 0 Å². The lowest BCUT2D eigenvalue weighted by molar-refractivity contribution is -0.142. The second-order valence-corrected chi connectivity index (χ2v) is 9.05. The first-order valence-corrected chi connectivity index (χ1v) is 11.4. The molecule has 0 N–H and O–H groups in total. The van der Waals surface area contributed by atoms with E-state index < -0.39 is 0 Å². The summed E-state index contributed by atoms with van der Waals surface area (Å²) in [4.78, 5) is 31.9. The normalized spacial score (nSPS) is 22.4. The Bertz CT molecular complexity index is 906. The fourth-order valence-corrected chi connectivity index (χ4v) is 4.93. The van der Waals surface area contributed by atoms with Crippen molar-refractivity contribution in [1.82, 2.24) is 14.7 Å². The maximum Gasteiger partial charge on any atom is 0.227 e. The van der Waals surface area contributed by atoms with E-state index in [4.69, 9.17) is 0 Å². The maximum atomic E-state index is 13.4. The molecule has 5 nitrogen and oxygen atoms in total. The predicted molar refractivity (Wildman–Crippen MR) is 123 cm³/mol. The van der Waals surface area contributed by atoms with Crippen LogP contribution in [0, 0.1) is 12.8 Å². The van der Waals surface area contributed by atoms with Gasteiger partial charge in [0.05, 0.1) is 5.92 Å². The van der Waals surface area contributed by atoms with Crippen molar-refractivity contribution in [1.29, 1.82) is 0 Å². The minimum atomic E-state index is -0.121. The SMILES string of the molecule is CC(=O)N1C[C@@H](C(=O)N2CCN(Cc3ccccc3)CC2)C[C@@H](c2cccc(C)c2)C1. The van der Waals surface area contributed by atoms with E-state index in [-0.39, 0.29) is 23.7 Å². The molecule has 31 heavy (non-hydrogen) atoms. The Kier molecular flexibility index (Phi) is 6.71. The molecule has 0 aromatic heterocycles. The van der Waals surface area contributed by atoms with Crippen molar-refractivity contribution in [3.8, 4) is 0 Å². The van der Waals surface area contributed by atoms with Crippen LogP contribution in [0.5, 0.6) is 0 Å². The Balaban J connectivity index is 1.39. The lowest BCUT2D eigenvalue weighted by Crippen LogP contribution is -2.53. The number of likely N-dealkylation sites (tertiary alicyclic amines) is 1. The molecule has 0 bridgehead atoms. The van der Waals surface area contributed by atoms with Crippen molar-refractivity contribution in [2.75, 3.05) is 39.3 Å². The van der Waals surface area contributed by atoms with Crippen LogP contribution in [0.3, 0.4) is 0 Å². The average molecular weight is 420 g/mol. The van der Waals surface area contributed by atoms with E-state index in [1.54, 1.807) is 6.92 Å². The Morgan fingerprint density at radius 2 is 1.65 bits per heavy atom. The summed E-state index contributed by atoms with van der Waals surface area (Å²) < 4.78 is 0. The van der Waals surface area contributed by atoms with Gasteiger partial charge in [-0.25, -0.2) is 0 Å². The van der Waals surface area contributed by atoms with Gasteiger partial charge in [-0.15, -0.1) is 0 Å². The number of benzene rings is 2. The molecule has 2 amide bonds. The first-order chi connectivity index (χ1) is 15.0. The molecule has 2 aromatic rings. The Morgan fingerprint density at radius 1 is 0.903 bits per heavy atom. The summed E-state index contributed by atoms with van der Waals surface area (Å²) in [5.41, 5.74) is 3.76. The third-order valence-corrected chi connectivity index (χ3v) is 6.69. The van der Waals surface area contributed by atoms with Crippen LogP contribution in [0.1, 0.15) is 36.0 Å². The van der Waals surface area contributed by atoms with Gasteiger partial charge in [0.2, 0.25) is 11.8 Å². The number of carbonyl (C=O) groups is 2. The lowest BCUT2D eigenvalue weighted by atomic mass is 9.83. The minimum Gasteiger partial charge on any atom is -0.342 e. The molecular formula is C26H33N3O2. The monoisotopic (exact) mass is 419 g/mol. The van der Waals surface area contributed by atoms with Crippen LogP contribution in [-0.2, 0) is 16.1 Å². The molecule has 2 saturated heterocycles. The molecule has 2 fully saturated rings. The Hall–Kier alpha value is -2.66. The number of carbonyl (C=O) groups excluding carboxylic acids is 2. The number of hydrogen-bond donors (Lipinski definition) is 0. The molecule has 4 rings (SSSR count). The number of hydrogen-bond acceptors (Lipinski definition) is 3. The van der Waals surface area contributed by atoms with E-state index in [9.17, 15) is 9.59 Å². The highest BCUT2D eigenvalue weighted by molar-refractivity contribution is 5.81. The molecule has 2 atom stereocenters. The zero-order valence-electron chi connectivity index (χ0n) is 18.7. The second-order valence-electron chi connectivity index (χ2n) is 9.05. The van der Waals surface area contributed by atoms with E-state index in [0.717, 1.165) is 39.1 Å². The summed E-state index contributed by atoms with van der Waals surface area (Å²) in [6.45, 7) is 9.19. The zero-order valence-corrected chi connectivity index (χ0v) is 18.7. The summed E-state index contributed by atoms with van der Waals surface area (Å²) in [6.07, 6.45) is 0.816. The molecular weight excluding hydrogens is 386 g/mol. The van der Waals surface area contributed by atoms with E-state index in [2.05, 4.69) is 60.4 Å². The molecule has 5 heteroatoms. The number of amides is 2. The van der Waals surface area contributed by atoms with Gasteiger partial charge in [-0.05, 0) is 24.5 Å². The van der Waals surface area contributed by atoms with Gasteiger partial charge in [-0.1, -0.05) is 60.2 Å². The number of piperazine rings is 1. The number of nitrogens with zero attached hydrogens (tertiary/aromatic N) is 3. The summed E-state index contributed by atoms with van der Waals surface area (Å²) in [6, 6.07) is 19.0. The third kappa shape index (κ3) is 5.34. The van der Waals surface area contributed by atoms with Crippen molar-refractivity contribution in [2.24, 2.45) is 5.92 Å². The van der Waals surface area contributed by atoms with E-state index >= 15 is 0 Å². The van der Waals surface area contributed by atoms with E-state index in [1.807, 2.05) is 15.9 Å². The predicted octanol–water partition coefficient (Wildman–Crippen LogP) is 3.29. The molecule has 164 valence electrons. The molecule has 0 spiro atoms. The molecule has 2 aliphatic heterocycles. The fraction of sp³-hybridized carbons (Fsp3) is 0.462. The van der Waals surface area contributed by atoms with Gasteiger partial charge >= 0.3 is 0 Å². The van der Waals surface area contributed by atoms with Gasteiger partial charge in [-0.3, -0.25) is 14.5 Å². The van der Waals surface area contributed by atoms with Gasteiger partial charge in [-0.2, -0.15) is 0 Å². The third-order valence-electron chi connectivity index (χ3n) is 6.69. The van der Waals surface area contributed by atoms with Crippen LogP contribution in [-0.4, -0.2) is 65.8 Å². The topological polar surface area (TPSA) is 43.9 Å². The number of piperidine rings is 1. The van der Waals surface area contributed by atoms with Crippen LogP contribution >= 0.6 is 0 Å². The molecule has 2 aliphatic rings. The standard InChI is InChI=1S/C26H33N3O2/c1-20-7-6-10-23(15-20)24-16-25(19-29(18-24)21(2)30)26(31)28-13-11-27(12-14-28)17-22-8-4-3-5-9-22/h3-10,15,24-25H,11-14,16-19H2,1-2H3/t24-,25+/m1/s1. The second kappa shape index (κ2) is 9.65. The molecule has 0 unspecified atom stereocenters. The average Bonchev–Trinajstić information content (AvgIpc) is 2.79. The number of rotatable bonds is 4. The molecule has 0 radical (unpaired) electrons. The van der Waals surface area contributed by atoms with Gasteiger partial charge in [0, 0.05) is 58.7 Å². The highest BCUT2D eigenvalue weighted by Gasteiger charge is 2.36. The van der Waals surface area contributed by atoms with Crippen molar-refractivity contribution < 1.29 is 9.59 Å². The molecule has 2 heterocycles. The summed E-state index contributed by atoms with van der Waals surface area (Å²) in [7, 11) is 0. The molecule has 0 aliphatic carbocycles. The van der Waals surface area contributed by atoms with Crippen molar-refractivity contribution in [3.05, 3.63) is 71.3 Å². The van der Waals surface area contributed by atoms with E-state index in [0.29, 0.717) is 13.1 Å². The smallest absolute Gasteiger partial charge is 0.227 e. The summed E-state index contributed by atoms with van der Waals surface area (Å²) in [5.74, 6) is 0.362. The van der Waals surface area contributed by atoms with Crippen molar-refractivity contribution in [3.63, 3.8) is 0 Å². The van der Waals surface area contributed by atoms with Gasteiger partial charge in [0.1, 0.15) is 0 Å². The zero-order chi connectivity index (χ0) is 21.8. The number of aryl methyl sites for hydroxylation is 1. The van der Waals surface area contributed by atoms with Crippen molar-refractivity contribution in [2.45, 2.75) is 32.7 Å². The fourth-order valence-electron chi connectivity index (χ4n) is 4.93. The maximum absolute atomic E-state index is 13.4. The van der Waals surface area contributed by atoms with Crippen LogP contribution in [0.25, 0.3) is 0 Å². The lowest BCUT2D eigenvalue weighted by Gasteiger charge is -2.41. The molecule has 2 aromatic carbocycles. The van der Waals surface area contributed by atoms with E-state index in [1.165, 1.54) is 16.7 Å². The van der Waals surface area contributed by atoms with Crippen LogP contribution in [0.2, 0.25) is 0 Å². The Morgan fingerprint density at radius 3 is 2.32 bits per heavy atom. The summed E-state index contributed by atoms with van der Waals surface area (Å²) in [5, 5.41) is 0. The van der Waals surface area contributed by atoms with Gasteiger partial charge in [0.25, 0.3) is 0 Å². The summed E-state index contributed by atoms with van der Waals surface area (Å²) >= 11 is 0. The first-order valence-electron chi connectivity index (χ1n) is 11.4. The highest BCUT2D eigenvalue weighted by atomic mass is 16.2. The Labute approximate surface area is 185 Å². The highest BCUT2D eigenvalue weighted by Crippen LogP contribution is 2.32. The van der Waals surface area contributed by atoms with Crippen LogP contribution in [0.15, 0.2) is 54.6 Å². The quantitative estimate of drug-likeness (QED) is 0.764. The van der Waals surface area contributed by atoms with Crippen molar-refractivity contribution >= 4 is 11.8 Å². The largest absolute Gasteiger partial charge is 0.342 e. The van der Waals surface area contributed by atoms with Crippen LogP contribution < -0.4 is 0 Å². The molecule has 0 saturated carbocycles. The first kappa shape index (κ1) is 21.6. The van der Waals surface area contributed by atoms with Gasteiger partial charge in [0.15, 0.2) is 0 Å². The van der Waals surface area contributed by atoms with Gasteiger partial charge < -0.3 is 9.80 Å².